The van der Waals surface area contributed by atoms with E-state index in [2.05, 4.69) is 37.9 Å². The lowest BCUT2D eigenvalue weighted by Crippen LogP contribution is -2.43. The summed E-state index contributed by atoms with van der Waals surface area (Å²) in [5.74, 6) is 0.913. The van der Waals surface area contributed by atoms with E-state index in [1.807, 2.05) is 0 Å². The van der Waals surface area contributed by atoms with E-state index < -0.39 is 0 Å². The van der Waals surface area contributed by atoms with Gasteiger partial charge in [0.1, 0.15) is 0 Å². The summed E-state index contributed by atoms with van der Waals surface area (Å²) in [6.45, 7) is 15.9. The summed E-state index contributed by atoms with van der Waals surface area (Å²) >= 11 is 0. The first kappa shape index (κ1) is 17.3. The van der Waals surface area contributed by atoms with Crippen molar-refractivity contribution in [1.29, 1.82) is 0 Å². The molecule has 1 N–H and O–H groups in total. The van der Waals surface area contributed by atoms with Gasteiger partial charge < -0.3 is 10.2 Å². The van der Waals surface area contributed by atoms with Crippen LogP contribution in [0.3, 0.4) is 0 Å². The molecule has 1 saturated heterocycles. The molecule has 0 aromatic rings. The fourth-order valence-corrected chi connectivity index (χ4v) is 4.56. The van der Waals surface area contributed by atoms with Crippen molar-refractivity contribution >= 4 is 0 Å². The van der Waals surface area contributed by atoms with Gasteiger partial charge in [-0.15, -0.1) is 0 Å². The molecule has 21 heavy (non-hydrogen) atoms. The molecule has 1 unspecified atom stereocenters. The van der Waals surface area contributed by atoms with Crippen molar-refractivity contribution in [1.82, 2.24) is 10.2 Å². The van der Waals surface area contributed by atoms with Crippen LogP contribution in [0.5, 0.6) is 0 Å². The van der Waals surface area contributed by atoms with Crippen molar-refractivity contribution in [3.8, 4) is 0 Å². The lowest BCUT2D eigenvalue weighted by molar-refractivity contribution is 0.146. The third-order valence-corrected chi connectivity index (χ3v) is 6.02. The zero-order valence-corrected chi connectivity index (χ0v) is 15.0. The predicted octanol–water partition coefficient (Wildman–Crippen LogP) is 4.30. The lowest BCUT2D eigenvalue weighted by atomic mass is 9.77. The van der Waals surface area contributed by atoms with Crippen molar-refractivity contribution < 1.29 is 0 Å². The van der Waals surface area contributed by atoms with Crippen LogP contribution >= 0.6 is 0 Å². The Bertz CT molecular complexity index is 299. The first-order valence-electron chi connectivity index (χ1n) is 9.38. The number of hydrogen-bond acceptors (Lipinski definition) is 2. The molecular formula is C19H38N2. The van der Waals surface area contributed by atoms with Crippen molar-refractivity contribution in [2.45, 2.75) is 72.6 Å². The highest BCUT2D eigenvalue weighted by atomic mass is 15.1. The van der Waals surface area contributed by atoms with Crippen molar-refractivity contribution in [2.75, 3.05) is 32.7 Å². The number of hydrogen-bond donors (Lipinski definition) is 1. The molecular weight excluding hydrogens is 256 g/mol. The minimum Gasteiger partial charge on any atom is -0.316 e. The molecule has 0 aromatic carbocycles. The third-order valence-electron chi connectivity index (χ3n) is 6.02. The number of nitrogens with one attached hydrogen (secondary N) is 1. The Morgan fingerprint density at radius 2 is 1.76 bits per heavy atom. The molecule has 2 heteroatoms. The SMILES string of the molecule is CCNCC1(CN2CCCC(C(C)(C)C)CC2)CCCC1. The van der Waals surface area contributed by atoms with Gasteiger partial charge in [-0.25, -0.2) is 0 Å². The van der Waals surface area contributed by atoms with Gasteiger partial charge in [0.25, 0.3) is 0 Å². The third kappa shape index (κ3) is 4.96. The highest BCUT2D eigenvalue weighted by Gasteiger charge is 2.36. The second-order valence-electron chi connectivity index (χ2n) is 8.76. The molecule has 0 radical (unpaired) electrons. The summed E-state index contributed by atoms with van der Waals surface area (Å²) < 4.78 is 0. The summed E-state index contributed by atoms with van der Waals surface area (Å²) in [7, 11) is 0. The normalized spacial score (nSPS) is 27.7. The zero-order valence-electron chi connectivity index (χ0n) is 15.0. The summed E-state index contributed by atoms with van der Waals surface area (Å²) in [5, 5.41) is 3.64. The van der Waals surface area contributed by atoms with E-state index in [1.165, 1.54) is 71.1 Å². The van der Waals surface area contributed by atoms with E-state index in [0.29, 0.717) is 10.8 Å². The molecule has 2 rings (SSSR count). The Morgan fingerprint density at radius 3 is 2.38 bits per heavy atom. The summed E-state index contributed by atoms with van der Waals surface area (Å²) in [5.41, 5.74) is 1.07. The van der Waals surface area contributed by atoms with Gasteiger partial charge in [0.15, 0.2) is 0 Å². The van der Waals surface area contributed by atoms with E-state index in [9.17, 15) is 0 Å². The molecule has 2 aliphatic rings. The molecule has 1 aliphatic heterocycles. The molecule has 2 fully saturated rings. The maximum Gasteiger partial charge on any atom is 0.00501 e. The number of likely N-dealkylation sites (tertiary alicyclic amines) is 1. The average molecular weight is 295 g/mol. The largest absolute Gasteiger partial charge is 0.316 e. The van der Waals surface area contributed by atoms with Gasteiger partial charge in [-0.3, -0.25) is 0 Å². The molecule has 0 amide bonds. The molecule has 0 spiro atoms. The zero-order chi connectivity index (χ0) is 15.3. The van der Waals surface area contributed by atoms with Crippen molar-refractivity contribution in [3.63, 3.8) is 0 Å². The van der Waals surface area contributed by atoms with Crippen LogP contribution < -0.4 is 5.32 Å². The van der Waals surface area contributed by atoms with Crippen molar-refractivity contribution in [2.24, 2.45) is 16.7 Å². The summed E-state index contributed by atoms with van der Waals surface area (Å²) in [6, 6.07) is 0. The van der Waals surface area contributed by atoms with Crippen LogP contribution in [0.25, 0.3) is 0 Å². The lowest BCUT2D eigenvalue weighted by Gasteiger charge is -2.35. The standard InChI is InChI=1S/C19H38N2/c1-5-20-15-19(11-6-7-12-19)16-21-13-8-9-17(10-14-21)18(2,3)4/h17,20H,5-16H2,1-4H3. The Balaban J connectivity index is 1.89. The Kier molecular flexibility index (Phi) is 6.14. The Labute approximate surface area is 133 Å². The molecule has 2 nitrogen and oxygen atoms in total. The molecule has 0 bridgehead atoms. The van der Waals surface area contributed by atoms with Crippen LogP contribution in [-0.2, 0) is 0 Å². The quantitative estimate of drug-likeness (QED) is 0.813. The van der Waals surface area contributed by atoms with Gasteiger partial charge in [-0.05, 0) is 68.5 Å². The Hall–Kier alpha value is -0.0800. The van der Waals surface area contributed by atoms with Gasteiger partial charge in [0, 0.05) is 13.1 Å². The smallest absolute Gasteiger partial charge is 0.00501 e. The average Bonchev–Trinajstić information content (AvgIpc) is 2.73. The second-order valence-corrected chi connectivity index (χ2v) is 8.76. The first-order chi connectivity index (χ1) is 9.95. The van der Waals surface area contributed by atoms with Gasteiger partial charge in [-0.2, -0.15) is 0 Å². The minimum absolute atomic E-state index is 0.491. The molecule has 1 heterocycles. The molecule has 1 saturated carbocycles. The van der Waals surface area contributed by atoms with Crippen LogP contribution in [-0.4, -0.2) is 37.6 Å². The molecule has 1 aliphatic carbocycles. The molecule has 1 atom stereocenters. The van der Waals surface area contributed by atoms with Gasteiger partial charge in [-0.1, -0.05) is 40.5 Å². The van der Waals surface area contributed by atoms with E-state index in [0.717, 1.165) is 12.5 Å². The monoisotopic (exact) mass is 294 g/mol. The fraction of sp³-hybridized carbons (Fsp3) is 1.00. The van der Waals surface area contributed by atoms with Crippen LogP contribution in [0, 0.1) is 16.7 Å². The summed E-state index contributed by atoms with van der Waals surface area (Å²) in [4.78, 5) is 2.80. The molecule has 0 aromatic heterocycles. The summed E-state index contributed by atoms with van der Waals surface area (Å²) in [6.07, 6.45) is 10.0. The highest BCUT2D eigenvalue weighted by Crippen LogP contribution is 2.40. The number of rotatable bonds is 5. The number of nitrogens with zero attached hydrogens (tertiary/aromatic N) is 1. The molecule has 124 valence electrons. The van der Waals surface area contributed by atoms with E-state index >= 15 is 0 Å². The van der Waals surface area contributed by atoms with Gasteiger partial charge in [0.05, 0.1) is 0 Å². The van der Waals surface area contributed by atoms with E-state index in [-0.39, 0.29) is 0 Å². The van der Waals surface area contributed by atoms with Crippen LogP contribution in [0.1, 0.15) is 72.6 Å². The topological polar surface area (TPSA) is 15.3 Å². The Morgan fingerprint density at radius 1 is 1.05 bits per heavy atom. The van der Waals surface area contributed by atoms with Crippen LogP contribution in [0.4, 0.5) is 0 Å². The van der Waals surface area contributed by atoms with Crippen molar-refractivity contribution in [3.05, 3.63) is 0 Å². The van der Waals surface area contributed by atoms with Gasteiger partial charge >= 0.3 is 0 Å². The fourth-order valence-electron chi connectivity index (χ4n) is 4.56. The highest BCUT2D eigenvalue weighted by molar-refractivity contribution is 4.90. The minimum atomic E-state index is 0.491. The maximum absolute atomic E-state index is 3.64. The first-order valence-corrected chi connectivity index (χ1v) is 9.38. The predicted molar refractivity (Wildman–Crippen MR) is 92.7 cm³/mol. The van der Waals surface area contributed by atoms with E-state index in [4.69, 9.17) is 0 Å². The van der Waals surface area contributed by atoms with E-state index in [1.54, 1.807) is 0 Å². The van der Waals surface area contributed by atoms with Gasteiger partial charge in [0.2, 0.25) is 0 Å². The van der Waals surface area contributed by atoms with Crippen LogP contribution in [0.2, 0.25) is 0 Å². The maximum atomic E-state index is 3.64. The second kappa shape index (κ2) is 7.46. The van der Waals surface area contributed by atoms with Crippen LogP contribution in [0.15, 0.2) is 0 Å².